The third-order valence-electron chi connectivity index (χ3n) is 6.14. The summed E-state index contributed by atoms with van der Waals surface area (Å²) in [5.41, 5.74) is 6.06. The van der Waals surface area contributed by atoms with Crippen molar-refractivity contribution in [3.63, 3.8) is 0 Å². The van der Waals surface area contributed by atoms with Gasteiger partial charge in [-0.25, -0.2) is 0 Å². The fourth-order valence-corrected chi connectivity index (χ4v) is 4.57. The normalized spacial score (nSPS) is 20.2. The molecule has 1 aliphatic carbocycles. The van der Waals surface area contributed by atoms with Gasteiger partial charge < -0.3 is 0 Å². The summed E-state index contributed by atoms with van der Waals surface area (Å²) in [7, 11) is 0. The maximum atomic E-state index is 2.37. The van der Waals surface area contributed by atoms with Gasteiger partial charge in [0, 0.05) is 0 Å². The number of hydrogen-bond donors (Lipinski definition) is 0. The number of hydrogen-bond acceptors (Lipinski definition) is 0. The fraction of sp³-hybridized carbons (Fsp3) is 0.538. The van der Waals surface area contributed by atoms with Crippen LogP contribution in [0.4, 0.5) is 0 Å². The van der Waals surface area contributed by atoms with E-state index in [-0.39, 0.29) is 0 Å². The molecule has 1 saturated carbocycles. The van der Waals surface area contributed by atoms with Gasteiger partial charge in [0.25, 0.3) is 0 Å². The van der Waals surface area contributed by atoms with E-state index in [0.29, 0.717) is 0 Å². The summed E-state index contributed by atoms with van der Waals surface area (Å²) in [6.07, 6.45) is 13.1. The first-order chi connectivity index (χ1) is 12.8. The second-order valence-corrected chi connectivity index (χ2v) is 8.43. The zero-order valence-electron chi connectivity index (χ0n) is 16.8. The molecule has 0 amide bonds. The molecule has 0 atom stereocenters. The Balaban J connectivity index is 1.43. The van der Waals surface area contributed by atoms with E-state index in [9.17, 15) is 0 Å². The summed E-state index contributed by atoms with van der Waals surface area (Å²) in [5.74, 6) is 1.80. The highest BCUT2D eigenvalue weighted by molar-refractivity contribution is 5.24. The van der Waals surface area contributed by atoms with Crippen molar-refractivity contribution in [2.75, 3.05) is 0 Å². The largest absolute Gasteiger partial charge is 0.0651 e. The van der Waals surface area contributed by atoms with Gasteiger partial charge in [0.2, 0.25) is 0 Å². The zero-order chi connectivity index (χ0) is 18.2. The van der Waals surface area contributed by atoms with Crippen LogP contribution in [0.5, 0.6) is 0 Å². The molecule has 0 aromatic heterocycles. The molecule has 0 radical (unpaired) electrons. The van der Waals surface area contributed by atoms with Crippen molar-refractivity contribution in [1.82, 2.24) is 0 Å². The summed E-state index contributed by atoms with van der Waals surface area (Å²) in [5, 5.41) is 0. The second kappa shape index (κ2) is 9.95. The lowest BCUT2D eigenvalue weighted by molar-refractivity contribution is 0.272. The van der Waals surface area contributed by atoms with E-state index in [1.54, 1.807) is 11.1 Å². The van der Waals surface area contributed by atoms with Gasteiger partial charge >= 0.3 is 0 Å². The Morgan fingerprint density at radius 3 is 1.15 bits per heavy atom. The first-order valence-corrected chi connectivity index (χ1v) is 10.9. The lowest BCUT2D eigenvalue weighted by atomic mass is 9.77. The fourth-order valence-electron chi connectivity index (χ4n) is 4.57. The third kappa shape index (κ3) is 5.73. The predicted molar refractivity (Wildman–Crippen MR) is 114 cm³/mol. The first kappa shape index (κ1) is 19.2. The van der Waals surface area contributed by atoms with Crippen LogP contribution >= 0.6 is 0 Å². The molecule has 1 aliphatic rings. The van der Waals surface area contributed by atoms with Gasteiger partial charge in [-0.05, 0) is 85.5 Å². The minimum absolute atomic E-state index is 0.898. The van der Waals surface area contributed by atoms with Crippen molar-refractivity contribution in [3.05, 3.63) is 70.8 Å². The van der Waals surface area contributed by atoms with Crippen LogP contribution < -0.4 is 0 Å². The van der Waals surface area contributed by atoms with Crippen molar-refractivity contribution >= 4 is 0 Å². The molecule has 3 rings (SSSR count). The Morgan fingerprint density at radius 2 is 0.846 bits per heavy atom. The summed E-state index contributed by atoms with van der Waals surface area (Å²) < 4.78 is 0. The third-order valence-corrected chi connectivity index (χ3v) is 6.14. The maximum absolute atomic E-state index is 2.37. The number of rotatable bonds is 8. The molecule has 140 valence electrons. The molecule has 0 spiro atoms. The average Bonchev–Trinajstić information content (AvgIpc) is 2.67. The molecule has 0 bridgehead atoms. The molecule has 0 aliphatic heterocycles. The van der Waals surface area contributed by atoms with Crippen molar-refractivity contribution in [3.8, 4) is 0 Å². The van der Waals surface area contributed by atoms with E-state index >= 15 is 0 Å². The quantitative estimate of drug-likeness (QED) is 0.474. The predicted octanol–water partition coefficient (Wildman–Crippen LogP) is 7.18. The molecule has 0 heteroatoms. The SMILES string of the molecule is CCCc1ccc(C[C@H]2CC[C@H](Cc3ccc(CCC)cc3)CC2)cc1. The van der Waals surface area contributed by atoms with E-state index < -0.39 is 0 Å². The highest BCUT2D eigenvalue weighted by Gasteiger charge is 2.21. The van der Waals surface area contributed by atoms with Crippen LogP contribution in [0.3, 0.4) is 0 Å². The molecule has 2 aromatic rings. The monoisotopic (exact) mass is 348 g/mol. The molecule has 0 nitrogen and oxygen atoms in total. The van der Waals surface area contributed by atoms with E-state index in [4.69, 9.17) is 0 Å². The van der Waals surface area contributed by atoms with Crippen molar-refractivity contribution in [2.24, 2.45) is 11.8 Å². The van der Waals surface area contributed by atoms with Gasteiger partial charge in [-0.15, -0.1) is 0 Å². The van der Waals surface area contributed by atoms with E-state index in [1.165, 1.54) is 75.3 Å². The van der Waals surface area contributed by atoms with Crippen molar-refractivity contribution in [2.45, 2.75) is 78.1 Å². The summed E-state index contributed by atoms with van der Waals surface area (Å²) in [6.45, 7) is 4.51. The Bertz CT molecular complexity index is 567. The summed E-state index contributed by atoms with van der Waals surface area (Å²) in [6, 6.07) is 18.8. The van der Waals surface area contributed by atoms with Crippen LogP contribution in [0, 0.1) is 11.8 Å². The van der Waals surface area contributed by atoms with Crippen LogP contribution in [0.1, 0.15) is 74.6 Å². The van der Waals surface area contributed by atoms with E-state index in [1.807, 2.05) is 0 Å². The van der Waals surface area contributed by atoms with Gasteiger partial charge in [0.1, 0.15) is 0 Å². The molecule has 0 heterocycles. The van der Waals surface area contributed by atoms with Crippen molar-refractivity contribution in [1.29, 1.82) is 0 Å². The average molecular weight is 349 g/mol. The van der Waals surface area contributed by atoms with Crippen LogP contribution in [0.25, 0.3) is 0 Å². The molecular weight excluding hydrogens is 312 g/mol. The van der Waals surface area contributed by atoms with E-state index in [2.05, 4.69) is 62.4 Å². The Labute approximate surface area is 161 Å². The first-order valence-electron chi connectivity index (χ1n) is 10.9. The minimum atomic E-state index is 0.898. The molecule has 0 saturated heterocycles. The Kier molecular flexibility index (Phi) is 7.35. The molecule has 0 N–H and O–H groups in total. The van der Waals surface area contributed by atoms with Gasteiger partial charge in [-0.1, -0.05) is 75.2 Å². The minimum Gasteiger partial charge on any atom is -0.0651 e. The molecule has 26 heavy (non-hydrogen) atoms. The Hall–Kier alpha value is -1.56. The summed E-state index contributed by atoms with van der Waals surface area (Å²) >= 11 is 0. The van der Waals surface area contributed by atoms with Crippen molar-refractivity contribution < 1.29 is 0 Å². The van der Waals surface area contributed by atoms with Gasteiger partial charge in [0.15, 0.2) is 0 Å². The maximum Gasteiger partial charge on any atom is -0.0250 e. The standard InChI is InChI=1S/C26H36/c1-3-5-21-7-11-23(12-8-21)19-25-15-17-26(18-16-25)20-24-13-9-22(6-4-2)10-14-24/h7-14,25-26H,3-6,15-20H2,1-2H3/t25-,26-. The molecule has 0 unspecified atom stereocenters. The number of benzene rings is 2. The summed E-state index contributed by atoms with van der Waals surface area (Å²) in [4.78, 5) is 0. The van der Waals surface area contributed by atoms with Gasteiger partial charge in [0.05, 0.1) is 0 Å². The zero-order valence-corrected chi connectivity index (χ0v) is 16.8. The van der Waals surface area contributed by atoms with Gasteiger partial charge in [-0.2, -0.15) is 0 Å². The lowest BCUT2D eigenvalue weighted by Gasteiger charge is -2.28. The highest BCUT2D eigenvalue weighted by atomic mass is 14.3. The molecule has 2 aromatic carbocycles. The van der Waals surface area contributed by atoms with Crippen LogP contribution in [0.2, 0.25) is 0 Å². The second-order valence-electron chi connectivity index (χ2n) is 8.43. The van der Waals surface area contributed by atoms with Crippen LogP contribution in [-0.2, 0) is 25.7 Å². The lowest BCUT2D eigenvalue weighted by Crippen LogP contribution is -2.18. The molecule has 1 fully saturated rings. The Morgan fingerprint density at radius 1 is 0.538 bits per heavy atom. The van der Waals surface area contributed by atoms with E-state index in [0.717, 1.165) is 11.8 Å². The smallest absolute Gasteiger partial charge is 0.0250 e. The van der Waals surface area contributed by atoms with Crippen LogP contribution in [0.15, 0.2) is 48.5 Å². The topological polar surface area (TPSA) is 0 Å². The number of aryl methyl sites for hydroxylation is 2. The highest BCUT2D eigenvalue weighted by Crippen LogP contribution is 2.33. The molecular formula is C26H36. The van der Waals surface area contributed by atoms with Gasteiger partial charge in [-0.3, -0.25) is 0 Å². The van der Waals surface area contributed by atoms with Crippen LogP contribution in [-0.4, -0.2) is 0 Å².